The van der Waals surface area contributed by atoms with Gasteiger partial charge in [-0.25, -0.2) is 4.98 Å². The first-order chi connectivity index (χ1) is 10.5. The van der Waals surface area contributed by atoms with Crippen molar-refractivity contribution >= 4 is 11.5 Å². The Labute approximate surface area is 129 Å². The van der Waals surface area contributed by atoms with Crippen molar-refractivity contribution in [2.75, 3.05) is 26.0 Å². The highest BCUT2D eigenvalue weighted by Gasteiger charge is 2.17. The number of fused-ring (bicyclic) bond motifs is 1. The highest BCUT2D eigenvalue weighted by Crippen LogP contribution is 2.20. The van der Waals surface area contributed by atoms with Gasteiger partial charge < -0.3 is 9.73 Å². The monoisotopic (exact) mass is 299 g/mol. The molecule has 0 spiro atoms. The van der Waals surface area contributed by atoms with Crippen LogP contribution in [0.3, 0.4) is 0 Å². The van der Waals surface area contributed by atoms with E-state index in [0.29, 0.717) is 0 Å². The molecule has 1 atom stereocenters. The summed E-state index contributed by atoms with van der Waals surface area (Å²) in [5.41, 5.74) is 2.78. The van der Waals surface area contributed by atoms with Crippen LogP contribution in [-0.2, 0) is 0 Å². The Morgan fingerprint density at radius 2 is 2.09 bits per heavy atom. The van der Waals surface area contributed by atoms with Crippen molar-refractivity contribution < 1.29 is 4.42 Å². The molecule has 0 radical (unpaired) electrons. The first-order valence-electron chi connectivity index (χ1n) is 7.32. The fourth-order valence-corrected chi connectivity index (χ4v) is 2.56. The molecule has 0 bridgehead atoms. The van der Waals surface area contributed by atoms with Gasteiger partial charge in [0.2, 0.25) is 0 Å². The van der Waals surface area contributed by atoms with E-state index in [-0.39, 0.29) is 6.04 Å². The van der Waals surface area contributed by atoms with Crippen LogP contribution in [0.25, 0.3) is 5.65 Å². The maximum absolute atomic E-state index is 5.54. The lowest BCUT2D eigenvalue weighted by Gasteiger charge is -2.23. The van der Waals surface area contributed by atoms with Crippen molar-refractivity contribution in [2.45, 2.75) is 19.9 Å². The number of nitrogens with zero attached hydrogens (tertiary/aromatic N) is 4. The van der Waals surface area contributed by atoms with E-state index >= 15 is 0 Å². The Morgan fingerprint density at radius 3 is 2.77 bits per heavy atom. The van der Waals surface area contributed by atoms with E-state index in [9.17, 15) is 0 Å². The van der Waals surface area contributed by atoms with E-state index in [1.54, 1.807) is 6.26 Å². The van der Waals surface area contributed by atoms with E-state index in [4.69, 9.17) is 4.42 Å². The lowest BCUT2D eigenvalue weighted by atomic mass is 10.2. The average Bonchev–Trinajstić information content (AvgIpc) is 3.07. The van der Waals surface area contributed by atoms with Crippen molar-refractivity contribution in [3.05, 3.63) is 47.7 Å². The third-order valence-corrected chi connectivity index (χ3v) is 3.65. The molecule has 6 nitrogen and oxygen atoms in total. The van der Waals surface area contributed by atoms with Crippen LogP contribution >= 0.6 is 0 Å². The largest absolute Gasteiger partial charge is 0.468 e. The molecule has 0 aliphatic heterocycles. The molecule has 22 heavy (non-hydrogen) atoms. The molecule has 3 heterocycles. The Balaban J connectivity index is 1.86. The van der Waals surface area contributed by atoms with Gasteiger partial charge in [0.1, 0.15) is 11.6 Å². The van der Waals surface area contributed by atoms with Crippen LogP contribution in [0.15, 0.2) is 34.9 Å². The van der Waals surface area contributed by atoms with Crippen LogP contribution in [0.2, 0.25) is 0 Å². The maximum Gasteiger partial charge on any atom is 0.157 e. The molecule has 0 aliphatic carbocycles. The summed E-state index contributed by atoms with van der Waals surface area (Å²) in [5, 5.41) is 7.96. The van der Waals surface area contributed by atoms with E-state index < -0.39 is 0 Å². The third kappa shape index (κ3) is 2.82. The number of rotatable bonds is 5. The van der Waals surface area contributed by atoms with Crippen LogP contribution in [0.4, 0.5) is 5.82 Å². The molecule has 0 aliphatic rings. The average molecular weight is 299 g/mol. The quantitative estimate of drug-likeness (QED) is 0.785. The van der Waals surface area contributed by atoms with Gasteiger partial charge in [0.05, 0.1) is 18.0 Å². The fourth-order valence-electron chi connectivity index (χ4n) is 2.56. The van der Waals surface area contributed by atoms with Crippen molar-refractivity contribution in [1.29, 1.82) is 0 Å². The first-order valence-corrected chi connectivity index (χ1v) is 7.32. The smallest absolute Gasteiger partial charge is 0.157 e. The summed E-state index contributed by atoms with van der Waals surface area (Å²) in [7, 11) is 4.08. The predicted molar refractivity (Wildman–Crippen MR) is 86.1 cm³/mol. The molecule has 0 fully saturated rings. The van der Waals surface area contributed by atoms with Crippen LogP contribution in [-0.4, -0.2) is 40.1 Å². The zero-order chi connectivity index (χ0) is 15.7. The van der Waals surface area contributed by atoms with Crippen molar-refractivity contribution in [1.82, 2.24) is 19.5 Å². The van der Waals surface area contributed by atoms with Gasteiger partial charge in [-0.3, -0.25) is 4.90 Å². The zero-order valence-corrected chi connectivity index (χ0v) is 13.4. The second kappa shape index (κ2) is 5.81. The standard InChI is InChI=1S/C16H21N5O/c1-11-8-15(21-16(18-11)9-12(2)19-21)17-10-13(20(3)4)14-6-5-7-22-14/h5-9,13,17H,10H2,1-4H3/t13-/m1/s1. The normalized spacial score (nSPS) is 13.0. The van der Waals surface area contributed by atoms with E-state index in [1.807, 2.05) is 56.7 Å². The summed E-state index contributed by atoms with van der Waals surface area (Å²) < 4.78 is 7.39. The minimum atomic E-state index is 0.148. The SMILES string of the molecule is Cc1cc(NC[C@H](c2ccco2)N(C)C)n2nc(C)cc2n1. The molecular formula is C16H21N5O. The van der Waals surface area contributed by atoms with Crippen LogP contribution in [0, 0.1) is 13.8 Å². The van der Waals surface area contributed by atoms with Gasteiger partial charge in [-0.05, 0) is 40.1 Å². The van der Waals surface area contributed by atoms with Crippen molar-refractivity contribution in [3.8, 4) is 0 Å². The van der Waals surface area contributed by atoms with Gasteiger partial charge in [0.15, 0.2) is 5.65 Å². The Hall–Kier alpha value is -2.34. The zero-order valence-electron chi connectivity index (χ0n) is 13.4. The van der Waals surface area contributed by atoms with Gasteiger partial charge in [-0.1, -0.05) is 0 Å². The Kier molecular flexibility index (Phi) is 3.85. The van der Waals surface area contributed by atoms with Gasteiger partial charge in [-0.2, -0.15) is 9.61 Å². The van der Waals surface area contributed by atoms with E-state index in [0.717, 1.165) is 35.2 Å². The molecule has 3 aromatic rings. The minimum Gasteiger partial charge on any atom is -0.468 e. The van der Waals surface area contributed by atoms with Gasteiger partial charge in [-0.15, -0.1) is 0 Å². The first kappa shape index (κ1) is 14.6. The lowest BCUT2D eigenvalue weighted by molar-refractivity contribution is 0.269. The molecule has 1 N–H and O–H groups in total. The molecule has 0 amide bonds. The summed E-state index contributed by atoms with van der Waals surface area (Å²) in [5.74, 6) is 1.88. The molecule has 3 rings (SSSR count). The molecule has 3 aromatic heterocycles. The Morgan fingerprint density at radius 1 is 1.27 bits per heavy atom. The van der Waals surface area contributed by atoms with Crippen LogP contribution in [0.1, 0.15) is 23.2 Å². The molecule has 0 saturated carbocycles. The number of likely N-dealkylation sites (N-methyl/N-ethyl adjacent to an activating group) is 1. The topological polar surface area (TPSA) is 58.6 Å². The van der Waals surface area contributed by atoms with Gasteiger partial charge in [0.25, 0.3) is 0 Å². The molecular weight excluding hydrogens is 278 g/mol. The number of nitrogens with one attached hydrogen (secondary N) is 1. The second-order valence-corrected chi connectivity index (χ2v) is 5.71. The van der Waals surface area contributed by atoms with Gasteiger partial charge >= 0.3 is 0 Å². The third-order valence-electron chi connectivity index (χ3n) is 3.65. The van der Waals surface area contributed by atoms with Gasteiger partial charge in [0, 0.05) is 24.4 Å². The number of aryl methyl sites for hydroxylation is 2. The number of furan rings is 1. The van der Waals surface area contributed by atoms with Crippen LogP contribution < -0.4 is 5.32 Å². The van der Waals surface area contributed by atoms with E-state index in [1.165, 1.54) is 0 Å². The summed E-state index contributed by atoms with van der Waals surface area (Å²) in [6, 6.07) is 8.05. The summed E-state index contributed by atoms with van der Waals surface area (Å²) >= 11 is 0. The summed E-state index contributed by atoms with van der Waals surface area (Å²) in [4.78, 5) is 6.63. The van der Waals surface area contributed by atoms with Crippen molar-refractivity contribution in [2.24, 2.45) is 0 Å². The minimum absolute atomic E-state index is 0.148. The highest BCUT2D eigenvalue weighted by atomic mass is 16.3. The van der Waals surface area contributed by atoms with E-state index in [2.05, 4.69) is 20.3 Å². The fraction of sp³-hybridized carbons (Fsp3) is 0.375. The number of anilines is 1. The molecule has 0 aromatic carbocycles. The number of aromatic nitrogens is 3. The maximum atomic E-state index is 5.54. The van der Waals surface area contributed by atoms with Crippen LogP contribution in [0.5, 0.6) is 0 Å². The molecule has 6 heteroatoms. The molecule has 0 unspecified atom stereocenters. The molecule has 116 valence electrons. The number of hydrogen-bond acceptors (Lipinski definition) is 5. The Bertz CT molecular complexity index is 760. The second-order valence-electron chi connectivity index (χ2n) is 5.71. The summed E-state index contributed by atoms with van der Waals surface area (Å²) in [6.45, 7) is 4.68. The summed E-state index contributed by atoms with van der Waals surface area (Å²) in [6.07, 6.45) is 1.71. The number of hydrogen-bond donors (Lipinski definition) is 1. The molecule has 0 saturated heterocycles. The highest BCUT2D eigenvalue weighted by molar-refractivity contribution is 5.50. The predicted octanol–water partition coefficient (Wildman–Crippen LogP) is 2.65. The van der Waals surface area contributed by atoms with Crippen molar-refractivity contribution in [3.63, 3.8) is 0 Å². The lowest BCUT2D eigenvalue weighted by Crippen LogP contribution is -2.27.